The van der Waals surface area contributed by atoms with E-state index in [2.05, 4.69) is 5.32 Å². The molecule has 2 aromatic rings. The number of hydrogen-bond donors (Lipinski definition) is 1. The van der Waals surface area contributed by atoms with Crippen LogP contribution in [-0.4, -0.2) is 18.4 Å². The minimum atomic E-state index is -1.12. The van der Waals surface area contributed by atoms with Crippen molar-refractivity contribution in [3.05, 3.63) is 59.2 Å². The van der Waals surface area contributed by atoms with Gasteiger partial charge in [0.05, 0.1) is 17.8 Å². The maximum absolute atomic E-state index is 13.9. The minimum Gasteiger partial charge on any atom is -0.478 e. The fourth-order valence-corrected chi connectivity index (χ4v) is 2.27. The van der Waals surface area contributed by atoms with Gasteiger partial charge >= 0.3 is 0 Å². The van der Waals surface area contributed by atoms with Gasteiger partial charge in [-0.05, 0) is 30.7 Å². The number of hydrogen-bond acceptors (Lipinski definition) is 3. The summed E-state index contributed by atoms with van der Waals surface area (Å²) in [7, 11) is 0. The largest absolute Gasteiger partial charge is 0.478 e. The maximum Gasteiger partial charge on any atom is 0.208 e. The first-order valence-electron chi connectivity index (χ1n) is 6.56. The van der Waals surface area contributed by atoms with Crippen molar-refractivity contribution in [2.24, 2.45) is 0 Å². The van der Waals surface area contributed by atoms with Crippen molar-refractivity contribution in [2.75, 3.05) is 11.9 Å². The molecule has 0 amide bonds. The summed E-state index contributed by atoms with van der Waals surface area (Å²) < 4.78 is 33.0. The number of para-hydroxylation sites is 2. The first-order chi connectivity index (χ1) is 10.1. The molecule has 1 heterocycles. The van der Waals surface area contributed by atoms with E-state index in [9.17, 15) is 13.6 Å². The summed E-state index contributed by atoms with van der Waals surface area (Å²) >= 11 is 0. The number of ketones is 1. The van der Waals surface area contributed by atoms with E-state index in [0.717, 1.165) is 5.69 Å². The number of carbonyl (C=O) groups is 1. The number of rotatable bonds is 2. The Morgan fingerprint density at radius 1 is 1.19 bits per heavy atom. The van der Waals surface area contributed by atoms with E-state index in [1.54, 1.807) is 12.1 Å². The van der Waals surface area contributed by atoms with E-state index in [4.69, 9.17) is 4.74 Å². The van der Waals surface area contributed by atoms with E-state index in [0.29, 0.717) is 5.75 Å². The van der Waals surface area contributed by atoms with Gasteiger partial charge < -0.3 is 10.1 Å². The Morgan fingerprint density at radius 2 is 1.95 bits per heavy atom. The lowest BCUT2D eigenvalue weighted by Crippen LogP contribution is -2.38. The van der Waals surface area contributed by atoms with Gasteiger partial charge in [-0.25, -0.2) is 8.78 Å². The molecule has 0 aliphatic carbocycles. The number of ether oxygens (including phenoxy) is 1. The third-order valence-corrected chi connectivity index (χ3v) is 3.47. The second kappa shape index (κ2) is 5.16. The molecule has 21 heavy (non-hydrogen) atoms. The van der Waals surface area contributed by atoms with Crippen LogP contribution in [0.1, 0.15) is 15.9 Å². The number of fused-ring (bicyclic) bond motifs is 1. The molecule has 0 saturated carbocycles. The van der Waals surface area contributed by atoms with Crippen LogP contribution < -0.4 is 10.1 Å². The average molecular weight is 289 g/mol. The van der Waals surface area contributed by atoms with Crippen LogP contribution >= 0.6 is 0 Å². The van der Waals surface area contributed by atoms with E-state index in [-0.39, 0.29) is 17.7 Å². The molecule has 108 valence electrons. The van der Waals surface area contributed by atoms with Crippen molar-refractivity contribution < 1.29 is 18.3 Å². The van der Waals surface area contributed by atoms with Gasteiger partial charge in [0.1, 0.15) is 5.75 Å². The highest BCUT2D eigenvalue weighted by Gasteiger charge is 2.29. The number of Topliss-reactive ketones (excluding diaryl/α,β-unsaturated/α-hetero) is 1. The fraction of sp³-hybridized carbons (Fsp3) is 0.188. The van der Waals surface area contributed by atoms with Crippen LogP contribution in [0.5, 0.6) is 5.75 Å². The Bertz CT molecular complexity index is 715. The Kier molecular flexibility index (Phi) is 3.33. The van der Waals surface area contributed by atoms with Gasteiger partial charge in [-0.2, -0.15) is 0 Å². The lowest BCUT2D eigenvalue weighted by Gasteiger charge is -2.26. The topological polar surface area (TPSA) is 38.3 Å². The van der Waals surface area contributed by atoms with E-state index in [1.807, 2.05) is 12.1 Å². The molecule has 0 bridgehead atoms. The third kappa shape index (κ3) is 2.35. The summed E-state index contributed by atoms with van der Waals surface area (Å²) in [4.78, 5) is 12.3. The molecule has 1 aliphatic heterocycles. The highest BCUT2D eigenvalue weighted by molar-refractivity contribution is 6.00. The quantitative estimate of drug-likeness (QED) is 0.862. The third-order valence-electron chi connectivity index (χ3n) is 3.47. The molecule has 1 unspecified atom stereocenters. The standard InChI is InChI=1S/C16H13F2NO2/c1-9-6-7-10(15(18)14(9)17)16(20)13-8-19-11-4-2-3-5-12(11)21-13/h2-7,13,19H,8H2,1H3. The van der Waals surface area contributed by atoms with Crippen molar-refractivity contribution in [3.63, 3.8) is 0 Å². The lowest BCUT2D eigenvalue weighted by atomic mass is 10.0. The molecular weight excluding hydrogens is 276 g/mol. The molecule has 0 radical (unpaired) electrons. The number of aryl methyl sites for hydroxylation is 1. The monoisotopic (exact) mass is 289 g/mol. The van der Waals surface area contributed by atoms with Crippen molar-refractivity contribution in [2.45, 2.75) is 13.0 Å². The molecule has 0 spiro atoms. The first kappa shape index (κ1) is 13.5. The SMILES string of the molecule is Cc1ccc(C(=O)C2CNc3ccccc3O2)c(F)c1F. The van der Waals surface area contributed by atoms with Crippen molar-refractivity contribution in [1.82, 2.24) is 0 Å². The Hall–Kier alpha value is -2.43. The lowest BCUT2D eigenvalue weighted by molar-refractivity contribution is 0.0796. The van der Waals surface area contributed by atoms with Crippen molar-refractivity contribution >= 4 is 11.5 Å². The summed E-state index contributed by atoms with van der Waals surface area (Å²) in [6.45, 7) is 1.66. The summed E-state index contributed by atoms with van der Waals surface area (Å²) in [6, 6.07) is 9.83. The summed E-state index contributed by atoms with van der Waals surface area (Å²) in [5.41, 5.74) is 0.651. The van der Waals surface area contributed by atoms with E-state index < -0.39 is 23.5 Å². The Labute approximate surface area is 120 Å². The zero-order valence-electron chi connectivity index (χ0n) is 11.3. The predicted octanol–water partition coefficient (Wildman–Crippen LogP) is 3.33. The summed E-state index contributed by atoms with van der Waals surface area (Å²) in [5, 5.41) is 3.05. The molecule has 3 nitrogen and oxygen atoms in total. The van der Waals surface area contributed by atoms with Crippen molar-refractivity contribution in [3.8, 4) is 5.75 Å². The molecule has 5 heteroatoms. The highest BCUT2D eigenvalue weighted by atomic mass is 19.2. The smallest absolute Gasteiger partial charge is 0.208 e. The molecule has 1 aliphatic rings. The predicted molar refractivity (Wildman–Crippen MR) is 74.8 cm³/mol. The molecule has 1 N–H and O–H groups in total. The second-order valence-electron chi connectivity index (χ2n) is 4.91. The van der Waals surface area contributed by atoms with Gasteiger partial charge in [-0.1, -0.05) is 18.2 Å². The number of anilines is 1. The van der Waals surface area contributed by atoms with Crippen molar-refractivity contribution in [1.29, 1.82) is 0 Å². The zero-order valence-corrected chi connectivity index (χ0v) is 11.3. The van der Waals surface area contributed by atoms with Crippen LogP contribution in [0.25, 0.3) is 0 Å². The van der Waals surface area contributed by atoms with Crippen LogP contribution in [0.4, 0.5) is 14.5 Å². The van der Waals surface area contributed by atoms with Gasteiger partial charge in [0.2, 0.25) is 5.78 Å². The number of benzene rings is 2. The first-order valence-corrected chi connectivity index (χ1v) is 6.56. The molecule has 2 aromatic carbocycles. The van der Waals surface area contributed by atoms with E-state index >= 15 is 0 Å². The Balaban J connectivity index is 1.89. The normalized spacial score (nSPS) is 16.6. The molecule has 1 atom stereocenters. The van der Waals surface area contributed by atoms with E-state index in [1.165, 1.54) is 19.1 Å². The number of halogens is 2. The fourth-order valence-electron chi connectivity index (χ4n) is 2.27. The van der Waals surface area contributed by atoms with Gasteiger partial charge in [0, 0.05) is 0 Å². The molecule has 0 aromatic heterocycles. The molecule has 0 saturated heterocycles. The zero-order chi connectivity index (χ0) is 15.0. The second-order valence-corrected chi connectivity index (χ2v) is 4.91. The van der Waals surface area contributed by atoms with Crippen LogP contribution in [0.15, 0.2) is 36.4 Å². The summed E-state index contributed by atoms with van der Waals surface area (Å²) in [5.74, 6) is -2.17. The van der Waals surface area contributed by atoms with Crippen LogP contribution in [0.3, 0.4) is 0 Å². The van der Waals surface area contributed by atoms with Gasteiger partial charge in [-0.3, -0.25) is 4.79 Å². The van der Waals surface area contributed by atoms with Crippen LogP contribution in [-0.2, 0) is 0 Å². The number of carbonyl (C=O) groups excluding carboxylic acids is 1. The number of nitrogens with one attached hydrogen (secondary N) is 1. The van der Waals surface area contributed by atoms with Gasteiger partial charge in [0.25, 0.3) is 0 Å². The molecule has 3 rings (SSSR count). The molecular formula is C16H13F2NO2. The summed E-state index contributed by atoms with van der Waals surface area (Å²) in [6.07, 6.45) is -0.878. The maximum atomic E-state index is 13.9. The van der Waals surface area contributed by atoms with Crippen LogP contribution in [0.2, 0.25) is 0 Å². The minimum absolute atomic E-state index is 0.164. The van der Waals surface area contributed by atoms with Crippen LogP contribution in [0, 0.1) is 18.6 Å². The average Bonchev–Trinajstić information content (AvgIpc) is 2.52. The Morgan fingerprint density at radius 3 is 2.76 bits per heavy atom. The van der Waals surface area contributed by atoms with Gasteiger partial charge in [-0.15, -0.1) is 0 Å². The molecule has 0 fully saturated rings. The highest BCUT2D eigenvalue weighted by Crippen LogP contribution is 2.29. The van der Waals surface area contributed by atoms with Gasteiger partial charge in [0.15, 0.2) is 17.7 Å².